The van der Waals surface area contributed by atoms with Gasteiger partial charge in [0.1, 0.15) is 5.56 Å². The van der Waals surface area contributed by atoms with Crippen LogP contribution in [0, 0.1) is 0 Å². The smallest absolute Gasteiger partial charge is 0.277 e. The molecule has 1 unspecified atom stereocenters. The van der Waals surface area contributed by atoms with Crippen molar-refractivity contribution in [3.05, 3.63) is 27.2 Å². The molecule has 0 bridgehead atoms. The molecule has 1 saturated heterocycles. The molecule has 2 heterocycles. The molecule has 7 heteroatoms. The van der Waals surface area contributed by atoms with Crippen LogP contribution in [0.15, 0.2) is 4.79 Å². The summed E-state index contributed by atoms with van der Waals surface area (Å²) in [5.41, 5.74) is 1.48. The first-order chi connectivity index (χ1) is 9.58. The molecule has 1 aliphatic heterocycles. The van der Waals surface area contributed by atoms with Gasteiger partial charge in [0.15, 0.2) is 0 Å². The zero-order chi connectivity index (χ0) is 14.7. The van der Waals surface area contributed by atoms with Gasteiger partial charge in [-0.05, 0) is 25.3 Å². The van der Waals surface area contributed by atoms with Gasteiger partial charge in [-0.15, -0.1) is 12.4 Å². The Morgan fingerprint density at radius 2 is 2.10 bits per heavy atom. The van der Waals surface area contributed by atoms with E-state index < -0.39 is 0 Å². The Hall–Kier alpha value is -1.40. The first kappa shape index (κ1) is 17.7. The van der Waals surface area contributed by atoms with E-state index >= 15 is 0 Å². The van der Waals surface area contributed by atoms with Crippen molar-refractivity contribution in [2.75, 3.05) is 19.6 Å². The van der Waals surface area contributed by atoms with Crippen LogP contribution >= 0.6 is 12.4 Å². The van der Waals surface area contributed by atoms with Crippen LogP contribution < -0.4 is 10.9 Å². The summed E-state index contributed by atoms with van der Waals surface area (Å²) < 4.78 is 0. The number of carbonyl (C=O) groups excluding carboxylic acids is 1. The predicted octanol–water partition coefficient (Wildman–Crippen LogP) is 0.750. The molecule has 1 atom stereocenters. The van der Waals surface area contributed by atoms with Crippen molar-refractivity contribution in [2.45, 2.75) is 39.7 Å². The average Bonchev–Trinajstić information content (AvgIpc) is 2.46. The van der Waals surface area contributed by atoms with Gasteiger partial charge in [0.05, 0.1) is 5.69 Å². The van der Waals surface area contributed by atoms with Crippen LogP contribution in [0.4, 0.5) is 0 Å². The minimum Gasteiger partial charge on any atom is -0.336 e. The highest BCUT2D eigenvalue weighted by Gasteiger charge is 2.26. The minimum absolute atomic E-state index is 0. The standard InChI is InChI=1S/C14H22N4O2.ClH/c1-4-10-11(5-2)16-17-13(19)12(10)14(20)18-7-6-15-9(3)8-18;/h9,15H,4-8H2,1-3H3,(H,17,19);1H. The number of aryl methyl sites for hydroxylation is 1. The van der Waals surface area contributed by atoms with Crippen molar-refractivity contribution in [1.29, 1.82) is 0 Å². The second kappa shape index (κ2) is 7.56. The quantitative estimate of drug-likeness (QED) is 0.863. The number of amides is 1. The van der Waals surface area contributed by atoms with Gasteiger partial charge in [-0.3, -0.25) is 9.59 Å². The van der Waals surface area contributed by atoms with Crippen molar-refractivity contribution in [3.63, 3.8) is 0 Å². The van der Waals surface area contributed by atoms with Gasteiger partial charge in [0.25, 0.3) is 11.5 Å². The van der Waals surface area contributed by atoms with Crippen LogP contribution in [0.1, 0.15) is 42.4 Å². The fourth-order valence-electron chi connectivity index (χ4n) is 2.70. The van der Waals surface area contributed by atoms with Gasteiger partial charge >= 0.3 is 0 Å². The third-order valence-corrected chi connectivity index (χ3v) is 3.73. The predicted molar refractivity (Wildman–Crippen MR) is 84.2 cm³/mol. The van der Waals surface area contributed by atoms with Crippen molar-refractivity contribution in [3.8, 4) is 0 Å². The number of nitrogens with one attached hydrogen (secondary N) is 2. The molecule has 2 N–H and O–H groups in total. The number of aromatic nitrogens is 2. The first-order valence-electron chi connectivity index (χ1n) is 7.21. The fraction of sp³-hybridized carbons (Fsp3) is 0.643. The molecular formula is C14H23ClN4O2. The van der Waals surface area contributed by atoms with Gasteiger partial charge < -0.3 is 10.2 Å². The highest BCUT2D eigenvalue weighted by atomic mass is 35.5. The summed E-state index contributed by atoms with van der Waals surface area (Å²) in [4.78, 5) is 26.5. The average molecular weight is 315 g/mol. The minimum atomic E-state index is -0.379. The van der Waals surface area contributed by atoms with Crippen LogP contribution in [-0.4, -0.2) is 46.7 Å². The topological polar surface area (TPSA) is 78.1 Å². The number of hydrogen-bond acceptors (Lipinski definition) is 4. The third kappa shape index (κ3) is 3.63. The molecule has 0 aromatic carbocycles. The van der Waals surface area contributed by atoms with Crippen LogP contribution in [0.2, 0.25) is 0 Å². The molecule has 0 saturated carbocycles. The van der Waals surface area contributed by atoms with E-state index in [1.165, 1.54) is 0 Å². The Balaban J connectivity index is 0.00000220. The lowest BCUT2D eigenvalue weighted by Gasteiger charge is -2.32. The highest BCUT2D eigenvalue weighted by molar-refractivity contribution is 5.95. The maximum atomic E-state index is 12.7. The molecular weight excluding hydrogens is 292 g/mol. The van der Waals surface area contributed by atoms with Crippen LogP contribution in [0.3, 0.4) is 0 Å². The Labute approximate surface area is 130 Å². The first-order valence-corrected chi connectivity index (χ1v) is 7.21. The maximum Gasteiger partial charge on any atom is 0.277 e. The van der Waals surface area contributed by atoms with Gasteiger partial charge in [-0.2, -0.15) is 5.10 Å². The second-order valence-electron chi connectivity index (χ2n) is 5.17. The molecule has 1 fully saturated rings. The zero-order valence-electron chi connectivity index (χ0n) is 12.7. The number of nitrogens with zero attached hydrogens (tertiary/aromatic N) is 2. The third-order valence-electron chi connectivity index (χ3n) is 3.73. The van der Waals surface area contributed by atoms with Crippen LogP contribution in [0.25, 0.3) is 0 Å². The molecule has 1 aromatic heterocycles. The van der Waals surface area contributed by atoms with Crippen LogP contribution in [0.5, 0.6) is 0 Å². The van der Waals surface area contributed by atoms with E-state index in [1.807, 2.05) is 20.8 Å². The monoisotopic (exact) mass is 314 g/mol. The number of halogens is 1. The summed E-state index contributed by atoms with van der Waals surface area (Å²) in [6.07, 6.45) is 1.35. The van der Waals surface area contributed by atoms with E-state index in [0.717, 1.165) is 17.8 Å². The van der Waals surface area contributed by atoms with Crippen molar-refractivity contribution >= 4 is 18.3 Å². The van der Waals surface area contributed by atoms with Gasteiger partial charge in [-0.25, -0.2) is 5.10 Å². The molecule has 0 aliphatic carbocycles. The van der Waals surface area contributed by atoms with Crippen LogP contribution in [-0.2, 0) is 12.8 Å². The fourth-order valence-corrected chi connectivity index (χ4v) is 2.70. The molecule has 2 rings (SSSR count). The molecule has 6 nitrogen and oxygen atoms in total. The number of H-pyrrole nitrogens is 1. The Bertz CT molecular complexity index is 558. The van der Waals surface area contributed by atoms with E-state index in [4.69, 9.17) is 0 Å². The number of aromatic amines is 1. The summed E-state index contributed by atoms with van der Waals surface area (Å²) in [7, 11) is 0. The Morgan fingerprint density at radius 3 is 2.67 bits per heavy atom. The normalized spacial score (nSPS) is 18.2. The SMILES string of the molecule is CCc1n[nH]c(=O)c(C(=O)N2CCNC(C)C2)c1CC.Cl. The molecule has 1 aromatic rings. The van der Waals surface area contributed by atoms with E-state index in [1.54, 1.807) is 4.90 Å². The molecule has 118 valence electrons. The second-order valence-corrected chi connectivity index (χ2v) is 5.17. The summed E-state index contributed by atoms with van der Waals surface area (Å²) in [6.45, 7) is 7.99. The molecule has 21 heavy (non-hydrogen) atoms. The summed E-state index contributed by atoms with van der Waals surface area (Å²) >= 11 is 0. The lowest BCUT2D eigenvalue weighted by Crippen LogP contribution is -2.52. The lowest BCUT2D eigenvalue weighted by atomic mass is 10.0. The zero-order valence-corrected chi connectivity index (χ0v) is 13.5. The lowest BCUT2D eigenvalue weighted by molar-refractivity contribution is 0.0705. The maximum absolute atomic E-state index is 12.7. The van der Waals surface area contributed by atoms with Gasteiger partial charge in [-0.1, -0.05) is 13.8 Å². The summed E-state index contributed by atoms with van der Waals surface area (Å²) in [5, 5.41) is 9.80. The van der Waals surface area contributed by atoms with Crippen molar-refractivity contribution in [2.24, 2.45) is 0 Å². The summed E-state index contributed by atoms with van der Waals surface area (Å²) in [5.74, 6) is -0.173. The highest BCUT2D eigenvalue weighted by Crippen LogP contribution is 2.13. The largest absolute Gasteiger partial charge is 0.336 e. The number of rotatable bonds is 3. The van der Waals surface area contributed by atoms with E-state index in [0.29, 0.717) is 25.9 Å². The van der Waals surface area contributed by atoms with Crippen molar-refractivity contribution < 1.29 is 4.79 Å². The number of piperazine rings is 1. The van der Waals surface area contributed by atoms with Gasteiger partial charge in [0.2, 0.25) is 0 Å². The molecule has 1 amide bonds. The Morgan fingerprint density at radius 1 is 1.38 bits per heavy atom. The molecule has 1 aliphatic rings. The Kier molecular flexibility index (Phi) is 6.36. The number of hydrogen-bond donors (Lipinski definition) is 2. The summed E-state index contributed by atoms with van der Waals surface area (Å²) in [6, 6.07) is 0.254. The van der Waals surface area contributed by atoms with E-state index in [9.17, 15) is 9.59 Å². The van der Waals surface area contributed by atoms with Gasteiger partial charge in [0, 0.05) is 25.7 Å². The molecule has 0 radical (unpaired) electrons. The van der Waals surface area contributed by atoms with Crippen molar-refractivity contribution in [1.82, 2.24) is 20.4 Å². The number of carbonyl (C=O) groups is 1. The molecule has 0 spiro atoms. The van der Waals surface area contributed by atoms with E-state index in [-0.39, 0.29) is 35.5 Å². The van der Waals surface area contributed by atoms with E-state index in [2.05, 4.69) is 15.5 Å².